The van der Waals surface area contributed by atoms with Gasteiger partial charge in [-0.1, -0.05) is 18.2 Å². The van der Waals surface area contributed by atoms with Crippen LogP contribution in [0.25, 0.3) is 11.0 Å². The number of nitrogens with one attached hydrogen (secondary N) is 2. The molecular formula is C16H16N4O2S2. The lowest BCUT2D eigenvalue weighted by molar-refractivity contribution is 0.601. The maximum absolute atomic E-state index is 12.9. The molecule has 0 bridgehead atoms. The molecule has 124 valence electrons. The molecule has 1 aliphatic rings. The molecule has 0 spiro atoms. The number of aromatic nitrogens is 2. The number of nitrogens with zero attached hydrogens (tertiary/aromatic N) is 2. The van der Waals surface area contributed by atoms with Gasteiger partial charge in [-0.2, -0.15) is 8.75 Å². The largest absolute Gasteiger partial charge is 0.312 e. The van der Waals surface area contributed by atoms with Crippen molar-refractivity contribution in [3.8, 4) is 0 Å². The van der Waals surface area contributed by atoms with Gasteiger partial charge < -0.3 is 5.32 Å². The normalized spacial score (nSPS) is 14.5. The van der Waals surface area contributed by atoms with Crippen molar-refractivity contribution in [2.45, 2.75) is 24.8 Å². The first kappa shape index (κ1) is 15.5. The molecule has 0 amide bonds. The van der Waals surface area contributed by atoms with E-state index in [1.165, 1.54) is 0 Å². The maximum Gasteiger partial charge on any atom is 0.264 e. The van der Waals surface area contributed by atoms with E-state index < -0.39 is 10.0 Å². The average molecular weight is 360 g/mol. The van der Waals surface area contributed by atoms with Crippen LogP contribution in [0.2, 0.25) is 0 Å². The quantitative estimate of drug-likeness (QED) is 0.749. The fourth-order valence-corrected chi connectivity index (χ4v) is 4.92. The molecule has 24 heavy (non-hydrogen) atoms. The maximum atomic E-state index is 12.9. The number of benzene rings is 2. The van der Waals surface area contributed by atoms with Gasteiger partial charge in [0.2, 0.25) is 0 Å². The third-order valence-corrected chi connectivity index (χ3v) is 6.18. The standard InChI is InChI=1S/C16H16N4O2S2/c1-10-5-6-14(16-15(10)18-23-19-16)24(21,22)20-13-4-2-3-11-9-17-8-7-12(11)13/h2-6,17,20H,7-9H2,1H3. The first-order valence-electron chi connectivity index (χ1n) is 7.62. The van der Waals surface area contributed by atoms with Crippen LogP contribution < -0.4 is 10.0 Å². The molecule has 1 aliphatic heterocycles. The highest BCUT2D eigenvalue weighted by Crippen LogP contribution is 2.29. The monoisotopic (exact) mass is 360 g/mol. The summed E-state index contributed by atoms with van der Waals surface area (Å²) in [5.41, 5.74) is 4.82. The molecule has 4 rings (SSSR count). The second kappa shape index (κ2) is 5.80. The second-order valence-corrected chi connectivity index (χ2v) is 8.00. The first-order chi connectivity index (χ1) is 11.6. The van der Waals surface area contributed by atoms with Crippen LogP contribution in [-0.4, -0.2) is 23.7 Å². The van der Waals surface area contributed by atoms with E-state index in [1.807, 2.05) is 25.1 Å². The summed E-state index contributed by atoms with van der Waals surface area (Å²) in [7, 11) is -3.73. The van der Waals surface area contributed by atoms with Gasteiger partial charge in [0.25, 0.3) is 10.0 Å². The highest BCUT2D eigenvalue weighted by atomic mass is 32.2. The molecule has 6 nitrogen and oxygen atoms in total. The van der Waals surface area contributed by atoms with E-state index in [9.17, 15) is 8.42 Å². The molecule has 0 atom stereocenters. The van der Waals surface area contributed by atoms with Gasteiger partial charge in [-0.3, -0.25) is 4.72 Å². The number of sulfonamides is 1. The Bertz CT molecular complexity index is 1030. The zero-order valence-electron chi connectivity index (χ0n) is 13.0. The molecule has 2 aromatic carbocycles. The Morgan fingerprint density at radius 1 is 1.17 bits per heavy atom. The first-order valence-corrected chi connectivity index (χ1v) is 9.84. The van der Waals surface area contributed by atoms with Crippen LogP contribution in [-0.2, 0) is 23.0 Å². The van der Waals surface area contributed by atoms with E-state index in [0.29, 0.717) is 16.7 Å². The second-order valence-electron chi connectivity index (χ2n) is 5.82. The summed E-state index contributed by atoms with van der Waals surface area (Å²) in [6.45, 7) is 3.50. The van der Waals surface area contributed by atoms with Crippen molar-refractivity contribution < 1.29 is 8.42 Å². The molecular weight excluding hydrogens is 344 g/mol. The van der Waals surface area contributed by atoms with Gasteiger partial charge in [-0.05, 0) is 48.7 Å². The molecule has 2 N–H and O–H groups in total. The van der Waals surface area contributed by atoms with E-state index in [0.717, 1.165) is 47.9 Å². The summed E-state index contributed by atoms with van der Waals surface area (Å²) in [5.74, 6) is 0. The van der Waals surface area contributed by atoms with Crippen molar-refractivity contribution >= 4 is 38.5 Å². The van der Waals surface area contributed by atoms with Gasteiger partial charge >= 0.3 is 0 Å². The Balaban J connectivity index is 1.79. The summed E-state index contributed by atoms with van der Waals surface area (Å²) in [6.07, 6.45) is 0.801. The van der Waals surface area contributed by atoms with Crippen molar-refractivity contribution in [2.75, 3.05) is 11.3 Å². The van der Waals surface area contributed by atoms with Gasteiger partial charge in [0.1, 0.15) is 15.9 Å². The number of rotatable bonds is 3. The zero-order chi connectivity index (χ0) is 16.7. The zero-order valence-corrected chi connectivity index (χ0v) is 14.7. The summed E-state index contributed by atoms with van der Waals surface area (Å²) < 4.78 is 37.0. The van der Waals surface area contributed by atoms with Crippen molar-refractivity contribution in [3.05, 3.63) is 47.0 Å². The minimum atomic E-state index is -3.73. The molecule has 0 radical (unpaired) electrons. The number of hydrogen-bond donors (Lipinski definition) is 2. The Labute approximate surface area is 144 Å². The van der Waals surface area contributed by atoms with E-state index in [1.54, 1.807) is 12.1 Å². The van der Waals surface area contributed by atoms with Crippen LogP contribution in [0.3, 0.4) is 0 Å². The van der Waals surface area contributed by atoms with E-state index in [4.69, 9.17) is 0 Å². The third-order valence-electron chi connectivity index (χ3n) is 4.25. The summed E-state index contributed by atoms with van der Waals surface area (Å²) >= 11 is 1.03. The molecule has 0 fully saturated rings. The molecule has 0 saturated heterocycles. The van der Waals surface area contributed by atoms with Crippen LogP contribution in [0.4, 0.5) is 5.69 Å². The fourth-order valence-electron chi connectivity index (χ4n) is 3.01. The highest BCUT2D eigenvalue weighted by molar-refractivity contribution is 7.93. The number of fused-ring (bicyclic) bond motifs is 2. The van der Waals surface area contributed by atoms with Crippen molar-refractivity contribution in [1.82, 2.24) is 14.1 Å². The molecule has 3 aromatic rings. The highest BCUT2D eigenvalue weighted by Gasteiger charge is 2.23. The minimum absolute atomic E-state index is 0.170. The molecule has 0 unspecified atom stereocenters. The molecule has 8 heteroatoms. The molecule has 0 aliphatic carbocycles. The Morgan fingerprint density at radius 2 is 2.00 bits per heavy atom. The van der Waals surface area contributed by atoms with Crippen molar-refractivity contribution in [1.29, 1.82) is 0 Å². The van der Waals surface area contributed by atoms with Gasteiger partial charge in [-0.15, -0.1) is 0 Å². The van der Waals surface area contributed by atoms with Gasteiger partial charge in [-0.25, -0.2) is 8.42 Å². The average Bonchev–Trinajstić information content (AvgIpc) is 3.05. The summed E-state index contributed by atoms with van der Waals surface area (Å²) in [5, 5.41) is 3.30. The van der Waals surface area contributed by atoms with Crippen LogP contribution in [0.5, 0.6) is 0 Å². The predicted octanol–water partition coefficient (Wildman–Crippen LogP) is 2.45. The molecule has 1 aromatic heterocycles. The number of hydrogen-bond acceptors (Lipinski definition) is 6. The van der Waals surface area contributed by atoms with Crippen LogP contribution in [0.15, 0.2) is 35.2 Å². The van der Waals surface area contributed by atoms with Crippen molar-refractivity contribution in [3.63, 3.8) is 0 Å². The lowest BCUT2D eigenvalue weighted by atomic mass is 9.99. The Hall–Kier alpha value is -2.03. The lowest BCUT2D eigenvalue weighted by Crippen LogP contribution is -2.25. The Morgan fingerprint density at radius 3 is 2.88 bits per heavy atom. The van der Waals surface area contributed by atoms with E-state index in [2.05, 4.69) is 18.8 Å². The number of aryl methyl sites for hydroxylation is 1. The minimum Gasteiger partial charge on any atom is -0.312 e. The van der Waals surface area contributed by atoms with Crippen LogP contribution in [0, 0.1) is 6.92 Å². The lowest BCUT2D eigenvalue weighted by Gasteiger charge is -2.21. The van der Waals surface area contributed by atoms with Crippen molar-refractivity contribution in [2.24, 2.45) is 0 Å². The third kappa shape index (κ3) is 2.56. The summed E-state index contributed by atoms with van der Waals surface area (Å²) in [6, 6.07) is 9.07. The smallest absolute Gasteiger partial charge is 0.264 e. The van der Waals surface area contributed by atoms with Gasteiger partial charge in [0.15, 0.2) is 0 Å². The van der Waals surface area contributed by atoms with Gasteiger partial charge in [0.05, 0.1) is 17.4 Å². The SMILES string of the molecule is Cc1ccc(S(=O)(=O)Nc2cccc3c2CCNC3)c2nsnc12. The van der Waals surface area contributed by atoms with E-state index in [-0.39, 0.29) is 4.90 Å². The Kier molecular flexibility index (Phi) is 3.75. The number of anilines is 1. The van der Waals surface area contributed by atoms with Gasteiger partial charge in [0, 0.05) is 6.54 Å². The van der Waals surface area contributed by atoms with Crippen LogP contribution >= 0.6 is 11.7 Å². The molecule has 0 saturated carbocycles. The predicted molar refractivity (Wildman–Crippen MR) is 94.8 cm³/mol. The topological polar surface area (TPSA) is 84.0 Å². The molecule has 2 heterocycles. The van der Waals surface area contributed by atoms with Crippen LogP contribution in [0.1, 0.15) is 16.7 Å². The van der Waals surface area contributed by atoms with E-state index >= 15 is 0 Å². The summed E-state index contributed by atoms with van der Waals surface area (Å²) in [4.78, 5) is 0.170. The fraction of sp³-hybridized carbons (Fsp3) is 0.250.